The quantitative estimate of drug-likeness (QED) is 0.328. The first-order valence-electron chi connectivity index (χ1n) is 7.79. The summed E-state index contributed by atoms with van der Waals surface area (Å²) >= 11 is 3.30. The van der Waals surface area contributed by atoms with Crippen LogP contribution in [0.4, 0.5) is 11.4 Å². The fourth-order valence-corrected chi connectivity index (χ4v) is 2.84. The number of hydrogen-bond donors (Lipinski definition) is 2. The summed E-state index contributed by atoms with van der Waals surface area (Å²) in [6.07, 6.45) is 0. The number of aromatic hydroxyl groups is 1. The van der Waals surface area contributed by atoms with Crippen LogP contribution in [-0.4, -0.2) is 34.6 Å². The molecule has 0 saturated heterocycles. The average molecular weight is 449 g/mol. The first-order chi connectivity index (χ1) is 13.4. The SMILES string of the molecule is COc1ccc(OCC(=O)N=Nc2c(O)[nH]c3ccc([N+](=O)[O-])cc23)c(Br)c1. The Morgan fingerprint density at radius 1 is 1.32 bits per heavy atom. The van der Waals surface area contributed by atoms with Crippen LogP contribution in [0.1, 0.15) is 0 Å². The molecule has 0 atom stereocenters. The fourth-order valence-electron chi connectivity index (χ4n) is 2.37. The lowest BCUT2D eigenvalue weighted by Crippen LogP contribution is -2.08. The number of amides is 1. The molecule has 2 aromatic carbocycles. The zero-order valence-corrected chi connectivity index (χ0v) is 16.0. The molecule has 144 valence electrons. The maximum atomic E-state index is 11.9. The monoisotopic (exact) mass is 448 g/mol. The number of hydrogen-bond acceptors (Lipinski definition) is 7. The Balaban J connectivity index is 1.74. The van der Waals surface area contributed by atoms with Crippen LogP contribution in [0.3, 0.4) is 0 Å². The van der Waals surface area contributed by atoms with E-state index in [1.54, 1.807) is 18.2 Å². The van der Waals surface area contributed by atoms with Crippen molar-refractivity contribution in [2.45, 2.75) is 0 Å². The highest BCUT2D eigenvalue weighted by Crippen LogP contribution is 2.37. The van der Waals surface area contributed by atoms with Gasteiger partial charge >= 0.3 is 5.91 Å². The number of azo groups is 1. The normalized spacial score (nSPS) is 11.1. The molecular formula is C17H13BrN4O6. The van der Waals surface area contributed by atoms with Gasteiger partial charge in [0.2, 0.25) is 5.88 Å². The summed E-state index contributed by atoms with van der Waals surface area (Å²) in [5.41, 5.74) is 0.169. The van der Waals surface area contributed by atoms with Crippen molar-refractivity contribution in [2.24, 2.45) is 10.2 Å². The van der Waals surface area contributed by atoms with Crippen LogP contribution in [0.25, 0.3) is 10.9 Å². The molecular weight excluding hydrogens is 436 g/mol. The van der Waals surface area contributed by atoms with Crippen LogP contribution in [0.2, 0.25) is 0 Å². The number of methoxy groups -OCH3 is 1. The van der Waals surface area contributed by atoms with Crippen LogP contribution < -0.4 is 9.47 Å². The molecule has 28 heavy (non-hydrogen) atoms. The fraction of sp³-hybridized carbons (Fsp3) is 0.118. The Kier molecular flexibility index (Phi) is 5.54. The number of non-ortho nitro benzene ring substituents is 1. The number of H-pyrrole nitrogens is 1. The number of ether oxygens (including phenoxy) is 2. The van der Waals surface area contributed by atoms with Gasteiger partial charge in [-0.1, -0.05) is 0 Å². The molecule has 0 fully saturated rings. The molecule has 10 nitrogen and oxygen atoms in total. The molecule has 3 rings (SSSR count). The highest BCUT2D eigenvalue weighted by Gasteiger charge is 2.15. The molecule has 0 aliphatic heterocycles. The first kappa shape index (κ1) is 19.3. The van der Waals surface area contributed by atoms with Gasteiger partial charge in [0, 0.05) is 17.5 Å². The number of benzene rings is 2. The van der Waals surface area contributed by atoms with E-state index in [0.717, 1.165) is 0 Å². The summed E-state index contributed by atoms with van der Waals surface area (Å²) in [5, 5.41) is 28.3. The number of rotatable bonds is 6. The second kappa shape index (κ2) is 8.05. The maximum absolute atomic E-state index is 11.9. The van der Waals surface area contributed by atoms with Crippen molar-refractivity contribution in [2.75, 3.05) is 13.7 Å². The van der Waals surface area contributed by atoms with Gasteiger partial charge < -0.3 is 19.6 Å². The van der Waals surface area contributed by atoms with Gasteiger partial charge in [0.05, 0.1) is 22.0 Å². The number of nitrogens with one attached hydrogen (secondary N) is 1. The molecule has 1 aromatic heterocycles. The van der Waals surface area contributed by atoms with E-state index in [4.69, 9.17) is 9.47 Å². The molecule has 3 aromatic rings. The Morgan fingerprint density at radius 3 is 2.79 bits per heavy atom. The van der Waals surface area contributed by atoms with Crippen molar-refractivity contribution in [3.63, 3.8) is 0 Å². The first-order valence-corrected chi connectivity index (χ1v) is 8.58. The molecule has 11 heteroatoms. The Labute approximate surface area is 166 Å². The van der Waals surface area contributed by atoms with Crippen LogP contribution in [0.5, 0.6) is 17.4 Å². The van der Waals surface area contributed by atoms with Crippen LogP contribution in [0, 0.1) is 10.1 Å². The van der Waals surface area contributed by atoms with E-state index < -0.39 is 17.4 Å². The van der Waals surface area contributed by atoms with Crippen molar-refractivity contribution < 1.29 is 24.3 Å². The van der Waals surface area contributed by atoms with E-state index in [-0.39, 0.29) is 22.6 Å². The van der Waals surface area contributed by atoms with E-state index >= 15 is 0 Å². The summed E-state index contributed by atoms with van der Waals surface area (Å²) in [4.78, 5) is 24.9. The average Bonchev–Trinajstić information content (AvgIpc) is 2.99. The van der Waals surface area contributed by atoms with Gasteiger partial charge in [-0.15, -0.1) is 10.2 Å². The molecule has 1 amide bonds. The van der Waals surface area contributed by atoms with Gasteiger partial charge in [-0.25, -0.2) is 0 Å². The van der Waals surface area contributed by atoms with E-state index in [9.17, 15) is 20.0 Å². The van der Waals surface area contributed by atoms with Crippen molar-refractivity contribution >= 4 is 44.1 Å². The van der Waals surface area contributed by atoms with Crippen LogP contribution in [0.15, 0.2) is 51.1 Å². The summed E-state index contributed by atoms with van der Waals surface area (Å²) in [5.74, 6) is -0.0307. The number of halogens is 1. The summed E-state index contributed by atoms with van der Waals surface area (Å²) in [7, 11) is 1.53. The van der Waals surface area contributed by atoms with Gasteiger partial charge in [0.25, 0.3) is 5.69 Å². The minimum Gasteiger partial charge on any atom is -0.497 e. The molecule has 0 saturated carbocycles. The highest BCUT2D eigenvalue weighted by molar-refractivity contribution is 9.10. The van der Waals surface area contributed by atoms with Gasteiger partial charge in [-0.2, -0.15) is 0 Å². The Morgan fingerprint density at radius 2 is 2.11 bits per heavy atom. The molecule has 1 heterocycles. The Bertz CT molecular complexity index is 1090. The molecule has 0 aliphatic carbocycles. The zero-order chi connectivity index (χ0) is 20.3. The molecule has 2 N–H and O–H groups in total. The predicted octanol–water partition coefficient (Wildman–Crippen LogP) is 4.24. The van der Waals surface area contributed by atoms with Gasteiger partial charge in [-0.05, 0) is 40.2 Å². The summed E-state index contributed by atoms with van der Waals surface area (Å²) in [6.45, 7) is -0.391. The largest absolute Gasteiger partial charge is 0.497 e. The molecule has 0 bridgehead atoms. The predicted molar refractivity (Wildman–Crippen MR) is 102 cm³/mol. The lowest BCUT2D eigenvalue weighted by Gasteiger charge is -2.07. The molecule has 0 radical (unpaired) electrons. The highest BCUT2D eigenvalue weighted by atomic mass is 79.9. The lowest BCUT2D eigenvalue weighted by molar-refractivity contribution is -0.384. The number of aromatic nitrogens is 1. The van der Waals surface area contributed by atoms with Crippen molar-refractivity contribution in [3.05, 3.63) is 51.0 Å². The number of carbonyl (C=O) groups is 1. The number of nitro groups is 1. The number of fused-ring (bicyclic) bond motifs is 1. The number of carbonyl (C=O) groups excluding carboxylic acids is 1. The third-order valence-corrected chi connectivity index (χ3v) is 4.32. The van der Waals surface area contributed by atoms with Gasteiger partial charge in [0.15, 0.2) is 12.3 Å². The van der Waals surface area contributed by atoms with E-state index in [0.29, 0.717) is 21.5 Å². The third-order valence-electron chi connectivity index (χ3n) is 3.70. The van der Waals surface area contributed by atoms with Gasteiger partial charge in [0.1, 0.15) is 11.5 Å². The minimum atomic E-state index is -0.707. The molecule has 0 aliphatic rings. The topological polar surface area (TPSA) is 139 Å². The van der Waals surface area contributed by atoms with Crippen LogP contribution in [-0.2, 0) is 4.79 Å². The van der Waals surface area contributed by atoms with E-state index in [2.05, 4.69) is 31.1 Å². The second-order valence-corrected chi connectivity index (χ2v) is 6.34. The summed E-state index contributed by atoms with van der Waals surface area (Å²) in [6, 6.07) is 8.91. The standard InChI is InChI=1S/C17H13BrN4O6/c1-27-10-3-5-14(12(18)7-10)28-8-15(23)20-21-16-11-6-9(22(25)26)2-4-13(11)19-17(16)24/h2-7,19,24H,8H2,1H3. The maximum Gasteiger partial charge on any atom is 0.302 e. The Hall–Kier alpha value is -3.47. The van der Waals surface area contributed by atoms with E-state index in [1.807, 2.05) is 0 Å². The van der Waals surface area contributed by atoms with Crippen molar-refractivity contribution in [1.29, 1.82) is 0 Å². The number of aromatic amines is 1. The number of nitrogens with zero attached hydrogens (tertiary/aromatic N) is 3. The molecule has 0 unspecified atom stereocenters. The number of nitro benzene ring substituents is 1. The minimum absolute atomic E-state index is 0.0716. The molecule has 0 spiro atoms. The second-order valence-electron chi connectivity index (χ2n) is 5.49. The van der Waals surface area contributed by atoms with Crippen molar-refractivity contribution in [1.82, 2.24) is 4.98 Å². The summed E-state index contributed by atoms with van der Waals surface area (Å²) < 4.78 is 11.0. The van der Waals surface area contributed by atoms with E-state index in [1.165, 1.54) is 25.3 Å². The zero-order valence-electron chi connectivity index (χ0n) is 14.4. The lowest BCUT2D eigenvalue weighted by atomic mass is 10.2. The van der Waals surface area contributed by atoms with Gasteiger partial charge in [-0.3, -0.25) is 14.9 Å². The van der Waals surface area contributed by atoms with Crippen LogP contribution >= 0.6 is 15.9 Å². The van der Waals surface area contributed by atoms with Crippen molar-refractivity contribution in [3.8, 4) is 17.4 Å². The smallest absolute Gasteiger partial charge is 0.302 e. The third kappa shape index (κ3) is 4.09.